The van der Waals surface area contributed by atoms with Crippen molar-refractivity contribution in [1.82, 2.24) is 5.32 Å². The number of carbonyl (C=O) groups is 1. The van der Waals surface area contributed by atoms with Crippen molar-refractivity contribution in [2.24, 2.45) is 5.92 Å². The zero-order valence-electron chi connectivity index (χ0n) is 8.84. The third kappa shape index (κ3) is 3.58. The van der Waals surface area contributed by atoms with Crippen molar-refractivity contribution in [2.45, 2.75) is 6.92 Å². The fourth-order valence-electron chi connectivity index (χ4n) is 1.10. The molecule has 1 aromatic rings. The molecule has 0 aliphatic heterocycles. The molecule has 0 spiro atoms. The van der Waals surface area contributed by atoms with Gasteiger partial charge in [0.25, 0.3) is 5.91 Å². The standard InChI is InChI=1S/C11H13Cl2NO2/c1-7(5-12)6-14-11(16)9-4-8(15)2-3-10(9)13/h2-4,7,15H,5-6H2,1H3,(H,14,16). The topological polar surface area (TPSA) is 49.3 Å². The molecule has 1 aromatic carbocycles. The summed E-state index contributed by atoms with van der Waals surface area (Å²) in [6.45, 7) is 2.41. The van der Waals surface area contributed by atoms with Gasteiger partial charge in [0.05, 0.1) is 10.6 Å². The summed E-state index contributed by atoms with van der Waals surface area (Å²) >= 11 is 11.5. The van der Waals surface area contributed by atoms with E-state index in [0.717, 1.165) is 0 Å². The second-order valence-corrected chi connectivity index (χ2v) is 4.35. The third-order valence-corrected chi connectivity index (χ3v) is 2.93. The molecule has 0 radical (unpaired) electrons. The number of aromatic hydroxyl groups is 1. The Bertz CT molecular complexity index is 382. The zero-order chi connectivity index (χ0) is 12.1. The van der Waals surface area contributed by atoms with Crippen LogP contribution in [0.15, 0.2) is 18.2 Å². The van der Waals surface area contributed by atoms with Gasteiger partial charge in [-0.3, -0.25) is 4.79 Å². The van der Waals surface area contributed by atoms with Crippen LogP contribution in [0.25, 0.3) is 0 Å². The van der Waals surface area contributed by atoms with Gasteiger partial charge in [0.15, 0.2) is 0 Å². The minimum absolute atomic E-state index is 0.0138. The molecular formula is C11H13Cl2NO2. The average Bonchev–Trinajstić information content (AvgIpc) is 2.28. The van der Waals surface area contributed by atoms with Crippen LogP contribution in [0.2, 0.25) is 5.02 Å². The van der Waals surface area contributed by atoms with Crippen molar-refractivity contribution in [1.29, 1.82) is 0 Å². The number of rotatable bonds is 4. The first-order valence-electron chi connectivity index (χ1n) is 4.87. The van der Waals surface area contributed by atoms with Crippen molar-refractivity contribution < 1.29 is 9.90 Å². The van der Waals surface area contributed by atoms with Crippen LogP contribution in [-0.4, -0.2) is 23.4 Å². The fraction of sp³-hybridized carbons (Fsp3) is 0.364. The van der Waals surface area contributed by atoms with Crippen molar-refractivity contribution in [2.75, 3.05) is 12.4 Å². The number of hydrogen-bond donors (Lipinski definition) is 2. The van der Waals surface area contributed by atoms with E-state index in [1.54, 1.807) is 0 Å². The Kier molecular flexibility index (Phi) is 4.90. The Morgan fingerprint density at radius 3 is 2.88 bits per heavy atom. The number of carbonyl (C=O) groups excluding carboxylic acids is 1. The number of phenolic OH excluding ortho intramolecular Hbond substituents is 1. The van der Waals surface area contributed by atoms with E-state index in [1.165, 1.54) is 18.2 Å². The van der Waals surface area contributed by atoms with Crippen molar-refractivity contribution in [3.63, 3.8) is 0 Å². The lowest BCUT2D eigenvalue weighted by molar-refractivity contribution is 0.0949. The molecule has 0 bridgehead atoms. The summed E-state index contributed by atoms with van der Waals surface area (Å²) in [7, 11) is 0. The van der Waals surface area contributed by atoms with Gasteiger partial charge in [0.2, 0.25) is 0 Å². The molecule has 1 unspecified atom stereocenters. The van der Waals surface area contributed by atoms with Gasteiger partial charge in [-0.25, -0.2) is 0 Å². The van der Waals surface area contributed by atoms with Gasteiger partial charge in [-0.2, -0.15) is 0 Å². The Morgan fingerprint density at radius 1 is 1.56 bits per heavy atom. The summed E-state index contributed by atoms with van der Waals surface area (Å²) in [5, 5.41) is 12.3. The summed E-state index contributed by atoms with van der Waals surface area (Å²) in [4.78, 5) is 11.7. The molecule has 1 rings (SSSR count). The van der Waals surface area contributed by atoms with Gasteiger partial charge >= 0.3 is 0 Å². The number of alkyl halides is 1. The lowest BCUT2D eigenvalue weighted by Crippen LogP contribution is -2.29. The molecule has 88 valence electrons. The van der Waals surface area contributed by atoms with E-state index in [-0.39, 0.29) is 23.1 Å². The third-order valence-electron chi connectivity index (χ3n) is 2.07. The molecule has 16 heavy (non-hydrogen) atoms. The monoisotopic (exact) mass is 261 g/mol. The van der Waals surface area contributed by atoms with E-state index >= 15 is 0 Å². The predicted molar refractivity (Wildman–Crippen MR) is 65.3 cm³/mol. The quantitative estimate of drug-likeness (QED) is 0.819. The van der Waals surface area contributed by atoms with Crippen molar-refractivity contribution in [3.8, 4) is 5.75 Å². The molecule has 0 saturated heterocycles. The largest absolute Gasteiger partial charge is 0.508 e. The Balaban J connectivity index is 2.69. The number of amides is 1. The maximum Gasteiger partial charge on any atom is 0.252 e. The van der Waals surface area contributed by atoms with Gasteiger partial charge in [0, 0.05) is 12.4 Å². The maximum atomic E-state index is 11.7. The van der Waals surface area contributed by atoms with Crippen LogP contribution < -0.4 is 5.32 Å². The van der Waals surface area contributed by atoms with E-state index in [0.29, 0.717) is 17.4 Å². The van der Waals surface area contributed by atoms with E-state index < -0.39 is 0 Å². The molecule has 2 N–H and O–H groups in total. The van der Waals surface area contributed by atoms with E-state index in [1.807, 2.05) is 6.92 Å². The first kappa shape index (κ1) is 13.1. The Labute approximate surface area is 104 Å². The number of nitrogens with one attached hydrogen (secondary N) is 1. The highest BCUT2D eigenvalue weighted by atomic mass is 35.5. The van der Waals surface area contributed by atoms with Crippen molar-refractivity contribution in [3.05, 3.63) is 28.8 Å². The highest BCUT2D eigenvalue weighted by Gasteiger charge is 2.11. The normalized spacial score (nSPS) is 12.2. The average molecular weight is 262 g/mol. The van der Waals surface area contributed by atoms with Gasteiger partial charge in [0.1, 0.15) is 5.75 Å². The van der Waals surface area contributed by atoms with Crippen LogP contribution in [0, 0.1) is 5.92 Å². The first-order chi connectivity index (χ1) is 7.54. The van der Waals surface area contributed by atoms with Gasteiger partial charge < -0.3 is 10.4 Å². The fourth-order valence-corrected chi connectivity index (χ4v) is 1.42. The van der Waals surface area contributed by atoms with E-state index in [2.05, 4.69) is 5.32 Å². The highest BCUT2D eigenvalue weighted by Crippen LogP contribution is 2.20. The van der Waals surface area contributed by atoms with E-state index in [4.69, 9.17) is 23.2 Å². The smallest absolute Gasteiger partial charge is 0.252 e. The van der Waals surface area contributed by atoms with Gasteiger partial charge in [-0.1, -0.05) is 18.5 Å². The SMILES string of the molecule is CC(CCl)CNC(=O)c1cc(O)ccc1Cl. The molecule has 0 fully saturated rings. The zero-order valence-corrected chi connectivity index (χ0v) is 10.3. The number of hydrogen-bond acceptors (Lipinski definition) is 2. The van der Waals surface area contributed by atoms with Gasteiger partial charge in [-0.05, 0) is 24.1 Å². The lowest BCUT2D eigenvalue weighted by Gasteiger charge is -2.10. The summed E-state index contributed by atoms with van der Waals surface area (Å²) < 4.78 is 0. The molecule has 0 saturated carbocycles. The molecule has 0 aliphatic rings. The molecule has 0 aromatic heterocycles. The molecule has 0 heterocycles. The lowest BCUT2D eigenvalue weighted by atomic mass is 10.1. The molecule has 0 aliphatic carbocycles. The Hall–Kier alpha value is -0.930. The summed E-state index contributed by atoms with van der Waals surface area (Å²) in [6, 6.07) is 4.25. The molecule has 1 amide bonds. The number of halogens is 2. The minimum Gasteiger partial charge on any atom is -0.508 e. The van der Waals surface area contributed by atoms with Crippen LogP contribution in [0.3, 0.4) is 0 Å². The summed E-state index contributed by atoms with van der Waals surface area (Å²) in [5.41, 5.74) is 0.267. The number of phenols is 1. The Morgan fingerprint density at radius 2 is 2.25 bits per heavy atom. The summed E-state index contributed by atoms with van der Waals surface area (Å²) in [5.74, 6) is 0.383. The van der Waals surface area contributed by atoms with Gasteiger partial charge in [-0.15, -0.1) is 11.6 Å². The van der Waals surface area contributed by atoms with Crippen molar-refractivity contribution >= 4 is 29.1 Å². The van der Waals surface area contributed by atoms with Crippen LogP contribution in [0.4, 0.5) is 0 Å². The predicted octanol–water partition coefficient (Wildman–Crippen LogP) is 2.65. The summed E-state index contributed by atoms with van der Waals surface area (Å²) in [6.07, 6.45) is 0. The molecule has 5 heteroatoms. The van der Waals surface area contributed by atoms with Crippen LogP contribution in [0.5, 0.6) is 5.75 Å². The highest BCUT2D eigenvalue weighted by molar-refractivity contribution is 6.33. The molecule has 1 atom stereocenters. The minimum atomic E-state index is -0.308. The van der Waals surface area contributed by atoms with E-state index in [9.17, 15) is 9.90 Å². The van der Waals surface area contributed by atoms with Crippen LogP contribution >= 0.6 is 23.2 Å². The van der Waals surface area contributed by atoms with Crippen LogP contribution in [0.1, 0.15) is 17.3 Å². The molecular weight excluding hydrogens is 249 g/mol. The first-order valence-corrected chi connectivity index (χ1v) is 5.78. The maximum absolute atomic E-state index is 11.7. The van der Waals surface area contributed by atoms with Crippen LogP contribution in [-0.2, 0) is 0 Å². The second kappa shape index (κ2) is 5.97. The number of benzene rings is 1. The second-order valence-electron chi connectivity index (χ2n) is 3.63. The molecule has 3 nitrogen and oxygen atoms in total.